The lowest BCUT2D eigenvalue weighted by Gasteiger charge is -2.12. The molecule has 2 heterocycles. The van der Waals surface area contributed by atoms with Crippen LogP contribution < -0.4 is 10.1 Å². The van der Waals surface area contributed by atoms with Crippen LogP contribution in [0.4, 0.5) is 5.82 Å². The third kappa shape index (κ3) is 4.21. The Morgan fingerprint density at radius 2 is 2.30 bits per heavy atom. The predicted molar refractivity (Wildman–Crippen MR) is 87.2 cm³/mol. The van der Waals surface area contributed by atoms with E-state index in [1.165, 1.54) is 0 Å². The fourth-order valence-corrected chi connectivity index (χ4v) is 2.53. The molecule has 3 rings (SSSR count). The van der Waals surface area contributed by atoms with E-state index in [2.05, 4.69) is 16.4 Å². The van der Waals surface area contributed by atoms with Gasteiger partial charge in [-0.15, -0.1) is 0 Å². The fourth-order valence-electron chi connectivity index (χ4n) is 2.53. The van der Waals surface area contributed by atoms with Crippen molar-refractivity contribution in [3.8, 4) is 11.8 Å². The first-order valence-electron chi connectivity index (χ1n) is 7.77. The average Bonchev–Trinajstić information content (AvgIpc) is 3.12. The summed E-state index contributed by atoms with van der Waals surface area (Å²) in [7, 11) is 0. The summed E-state index contributed by atoms with van der Waals surface area (Å²) in [6, 6.07) is 13.6. The second kappa shape index (κ2) is 7.61. The van der Waals surface area contributed by atoms with Gasteiger partial charge in [-0.2, -0.15) is 5.26 Å². The maximum atomic E-state index is 9.07. The Bertz CT molecular complexity index is 691. The molecule has 5 nitrogen and oxygen atoms in total. The van der Waals surface area contributed by atoms with E-state index in [9.17, 15) is 0 Å². The minimum Gasteiger partial charge on any atom is -0.491 e. The van der Waals surface area contributed by atoms with Gasteiger partial charge in [0, 0.05) is 19.3 Å². The van der Waals surface area contributed by atoms with E-state index in [4.69, 9.17) is 14.7 Å². The zero-order valence-corrected chi connectivity index (χ0v) is 12.9. The van der Waals surface area contributed by atoms with Gasteiger partial charge >= 0.3 is 0 Å². The molecule has 1 saturated heterocycles. The van der Waals surface area contributed by atoms with Crippen molar-refractivity contribution < 1.29 is 9.47 Å². The van der Waals surface area contributed by atoms with E-state index in [1.54, 1.807) is 18.3 Å². The van der Waals surface area contributed by atoms with Gasteiger partial charge in [-0.3, -0.25) is 0 Å². The molecular formula is C18H19N3O2. The van der Waals surface area contributed by atoms with E-state index in [-0.39, 0.29) is 6.10 Å². The van der Waals surface area contributed by atoms with Crippen LogP contribution in [0.25, 0.3) is 0 Å². The van der Waals surface area contributed by atoms with E-state index >= 15 is 0 Å². The molecule has 1 aliphatic heterocycles. The number of rotatable bonds is 6. The standard InChI is InChI=1S/C18H19N3O2/c19-11-15-5-2-8-20-18(15)21-12-14-4-1-6-16(10-14)23-13-17-7-3-9-22-17/h1-2,4-6,8,10,17H,3,7,9,12-13H2,(H,20,21)/t17-/m1/s1. The van der Waals surface area contributed by atoms with Crippen molar-refractivity contribution in [1.29, 1.82) is 5.26 Å². The zero-order chi connectivity index (χ0) is 15.9. The van der Waals surface area contributed by atoms with E-state index in [1.807, 2.05) is 24.3 Å². The summed E-state index contributed by atoms with van der Waals surface area (Å²) >= 11 is 0. The van der Waals surface area contributed by atoms with Crippen molar-refractivity contribution >= 4 is 5.82 Å². The molecule has 1 aromatic heterocycles. The highest BCUT2D eigenvalue weighted by Gasteiger charge is 2.15. The number of nitriles is 1. The van der Waals surface area contributed by atoms with E-state index < -0.39 is 0 Å². The van der Waals surface area contributed by atoms with Gasteiger partial charge in [0.15, 0.2) is 0 Å². The number of aromatic nitrogens is 1. The quantitative estimate of drug-likeness (QED) is 0.888. The van der Waals surface area contributed by atoms with E-state index in [0.717, 1.165) is 30.8 Å². The van der Waals surface area contributed by atoms with Crippen molar-refractivity contribution in [3.63, 3.8) is 0 Å². The molecule has 118 valence electrons. The van der Waals surface area contributed by atoms with Crippen molar-refractivity contribution in [2.24, 2.45) is 0 Å². The molecule has 0 amide bonds. The number of ether oxygens (including phenoxy) is 2. The number of hydrogen-bond donors (Lipinski definition) is 1. The van der Waals surface area contributed by atoms with Crippen molar-refractivity contribution in [2.45, 2.75) is 25.5 Å². The lowest BCUT2D eigenvalue weighted by Crippen LogP contribution is -2.16. The number of benzene rings is 1. The fraction of sp³-hybridized carbons (Fsp3) is 0.333. The average molecular weight is 309 g/mol. The Kier molecular flexibility index (Phi) is 5.07. The molecule has 0 bridgehead atoms. The van der Waals surface area contributed by atoms with Crippen molar-refractivity contribution in [1.82, 2.24) is 4.98 Å². The maximum Gasteiger partial charge on any atom is 0.144 e. The molecule has 1 atom stereocenters. The Balaban J connectivity index is 1.58. The lowest BCUT2D eigenvalue weighted by atomic mass is 10.2. The summed E-state index contributed by atoms with van der Waals surface area (Å²) in [6.45, 7) is 2.02. The highest BCUT2D eigenvalue weighted by molar-refractivity contribution is 5.51. The minimum absolute atomic E-state index is 0.212. The predicted octanol–water partition coefficient (Wildman–Crippen LogP) is 3.12. The van der Waals surface area contributed by atoms with Crippen LogP contribution in [0, 0.1) is 11.3 Å². The van der Waals surface area contributed by atoms with Crippen LogP contribution in [0.1, 0.15) is 24.0 Å². The Morgan fingerprint density at radius 1 is 1.35 bits per heavy atom. The molecule has 0 unspecified atom stereocenters. The van der Waals surface area contributed by atoms with Crippen LogP contribution >= 0.6 is 0 Å². The van der Waals surface area contributed by atoms with Gasteiger partial charge in [-0.25, -0.2) is 4.98 Å². The molecule has 23 heavy (non-hydrogen) atoms. The molecule has 0 radical (unpaired) electrons. The molecular weight excluding hydrogens is 290 g/mol. The Labute approximate surface area is 135 Å². The number of pyridine rings is 1. The number of anilines is 1. The topological polar surface area (TPSA) is 67.2 Å². The van der Waals surface area contributed by atoms with Gasteiger partial charge in [-0.1, -0.05) is 12.1 Å². The van der Waals surface area contributed by atoms with Crippen LogP contribution in [0.5, 0.6) is 5.75 Å². The number of nitrogens with one attached hydrogen (secondary N) is 1. The van der Waals surface area contributed by atoms with Gasteiger partial charge in [-0.05, 0) is 42.7 Å². The van der Waals surface area contributed by atoms with Gasteiger partial charge in [0.25, 0.3) is 0 Å². The number of nitrogens with zero attached hydrogens (tertiary/aromatic N) is 2. The molecule has 2 aromatic rings. The van der Waals surface area contributed by atoms with Crippen molar-refractivity contribution in [3.05, 3.63) is 53.7 Å². The highest BCUT2D eigenvalue weighted by Crippen LogP contribution is 2.18. The first kappa shape index (κ1) is 15.3. The first-order valence-corrected chi connectivity index (χ1v) is 7.77. The molecule has 5 heteroatoms. The first-order chi connectivity index (χ1) is 11.3. The molecule has 0 saturated carbocycles. The van der Waals surface area contributed by atoms with Crippen LogP contribution in [0.3, 0.4) is 0 Å². The largest absolute Gasteiger partial charge is 0.491 e. The highest BCUT2D eigenvalue weighted by atomic mass is 16.5. The van der Waals surface area contributed by atoms with Gasteiger partial charge in [0.2, 0.25) is 0 Å². The minimum atomic E-state index is 0.212. The SMILES string of the molecule is N#Cc1cccnc1NCc1cccc(OC[C@H]2CCCO2)c1. The normalized spacial score (nSPS) is 16.7. The van der Waals surface area contributed by atoms with Crippen molar-refractivity contribution in [2.75, 3.05) is 18.5 Å². The second-order valence-corrected chi connectivity index (χ2v) is 5.46. The Morgan fingerprint density at radius 3 is 3.13 bits per heavy atom. The number of hydrogen-bond acceptors (Lipinski definition) is 5. The molecule has 0 aliphatic carbocycles. The lowest BCUT2D eigenvalue weighted by molar-refractivity contribution is 0.0679. The van der Waals surface area contributed by atoms with Gasteiger partial charge in [0.1, 0.15) is 24.2 Å². The van der Waals surface area contributed by atoms with Crippen LogP contribution in [0.2, 0.25) is 0 Å². The molecule has 1 aliphatic rings. The van der Waals surface area contributed by atoms with Crippen LogP contribution in [0.15, 0.2) is 42.6 Å². The molecule has 0 spiro atoms. The third-order valence-electron chi connectivity index (χ3n) is 3.75. The summed E-state index contributed by atoms with van der Waals surface area (Å²) < 4.78 is 11.4. The van der Waals surface area contributed by atoms with Crippen LogP contribution in [-0.4, -0.2) is 24.3 Å². The molecule has 1 N–H and O–H groups in total. The summed E-state index contributed by atoms with van der Waals surface area (Å²) in [4.78, 5) is 4.19. The maximum absolute atomic E-state index is 9.07. The summed E-state index contributed by atoms with van der Waals surface area (Å²) in [5, 5.41) is 12.3. The summed E-state index contributed by atoms with van der Waals surface area (Å²) in [6.07, 6.45) is 4.06. The summed E-state index contributed by atoms with van der Waals surface area (Å²) in [5.41, 5.74) is 1.61. The van der Waals surface area contributed by atoms with Gasteiger partial charge in [0.05, 0.1) is 11.7 Å². The molecule has 1 aromatic carbocycles. The Hall–Kier alpha value is -2.58. The smallest absolute Gasteiger partial charge is 0.144 e. The van der Waals surface area contributed by atoms with E-state index in [0.29, 0.717) is 24.5 Å². The molecule has 1 fully saturated rings. The monoisotopic (exact) mass is 309 g/mol. The van der Waals surface area contributed by atoms with Gasteiger partial charge < -0.3 is 14.8 Å². The third-order valence-corrected chi connectivity index (χ3v) is 3.75. The second-order valence-electron chi connectivity index (χ2n) is 5.46. The summed E-state index contributed by atoms with van der Waals surface area (Å²) in [5.74, 6) is 1.43. The van der Waals surface area contributed by atoms with Crippen LogP contribution in [-0.2, 0) is 11.3 Å². The zero-order valence-electron chi connectivity index (χ0n) is 12.9.